The zero-order valence-corrected chi connectivity index (χ0v) is 28.5. The van der Waals surface area contributed by atoms with Gasteiger partial charge in [0.05, 0.1) is 16.3 Å². The van der Waals surface area contributed by atoms with Gasteiger partial charge in [-0.2, -0.15) is 0 Å². The lowest BCUT2D eigenvalue weighted by molar-refractivity contribution is 0.0166. The molecule has 1 fully saturated rings. The van der Waals surface area contributed by atoms with Crippen LogP contribution in [-0.4, -0.2) is 70.8 Å². The second-order valence-electron chi connectivity index (χ2n) is 13.6. The van der Waals surface area contributed by atoms with E-state index >= 15 is 0 Å². The van der Waals surface area contributed by atoms with Crippen molar-refractivity contribution < 1.29 is 27.9 Å². The first-order valence-corrected chi connectivity index (χ1v) is 15.5. The molecule has 242 valence electrons. The van der Waals surface area contributed by atoms with E-state index in [2.05, 4.69) is 0 Å². The Morgan fingerprint density at radius 1 is 1.05 bits per heavy atom. The van der Waals surface area contributed by atoms with Gasteiger partial charge < -0.3 is 23.7 Å². The van der Waals surface area contributed by atoms with E-state index in [0.29, 0.717) is 48.4 Å². The first-order valence-electron chi connectivity index (χ1n) is 15.2. The number of benzene rings is 1. The molecule has 2 amide bonds. The van der Waals surface area contributed by atoms with E-state index in [0.717, 1.165) is 18.8 Å². The highest BCUT2D eigenvalue weighted by Gasteiger charge is 2.39. The third-order valence-electron chi connectivity index (χ3n) is 7.14. The van der Waals surface area contributed by atoms with Crippen LogP contribution in [0.3, 0.4) is 0 Å². The average molecular weight is 632 g/mol. The van der Waals surface area contributed by atoms with Crippen molar-refractivity contribution in [1.82, 2.24) is 14.8 Å². The van der Waals surface area contributed by atoms with Crippen molar-refractivity contribution in [3.8, 4) is 11.3 Å². The monoisotopic (exact) mass is 631 g/mol. The number of amides is 2. The molecule has 0 bridgehead atoms. The van der Waals surface area contributed by atoms with Crippen molar-refractivity contribution in [2.24, 2.45) is 0 Å². The number of nitrogens with zero attached hydrogens (tertiary/aromatic N) is 3. The van der Waals surface area contributed by atoms with Crippen LogP contribution in [0.15, 0.2) is 34.7 Å². The van der Waals surface area contributed by atoms with Crippen molar-refractivity contribution in [2.45, 2.75) is 92.2 Å². The Kier molecular flexibility index (Phi) is 11.1. The molecule has 2 aromatic heterocycles. The number of carbonyl (C=O) groups excluding carboxylic acids is 2. The Balaban J connectivity index is 0.000000978. The van der Waals surface area contributed by atoms with Gasteiger partial charge in [0.1, 0.15) is 16.9 Å². The summed E-state index contributed by atoms with van der Waals surface area (Å²) in [6, 6.07) is 8.09. The molecule has 1 aromatic carbocycles. The van der Waals surface area contributed by atoms with Crippen LogP contribution in [0.5, 0.6) is 0 Å². The van der Waals surface area contributed by atoms with Crippen LogP contribution >= 0.6 is 11.6 Å². The maximum absolute atomic E-state index is 14.2. The maximum atomic E-state index is 14.2. The van der Waals surface area contributed by atoms with Gasteiger partial charge in [0.15, 0.2) is 11.3 Å². The van der Waals surface area contributed by atoms with E-state index in [9.17, 15) is 14.0 Å². The summed E-state index contributed by atoms with van der Waals surface area (Å²) in [5.74, 6) is -0.635. The summed E-state index contributed by atoms with van der Waals surface area (Å²) in [6.07, 6.45) is 0.214. The van der Waals surface area contributed by atoms with Gasteiger partial charge >= 0.3 is 6.09 Å². The minimum Gasteiger partial charge on any atom is -0.449 e. The second-order valence-corrected chi connectivity index (χ2v) is 14.0. The molecule has 10 heteroatoms. The van der Waals surface area contributed by atoms with Crippen LogP contribution in [0.2, 0.25) is 5.02 Å². The fraction of sp³-hybridized carbons (Fsp3) is 0.559. The first kappa shape index (κ1) is 35.3. The van der Waals surface area contributed by atoms with Gasteiger partial charge in [-0.3, -0.25) is 4.79 Å². The third-order valence-corrected chi connectivity index (χ3v) is 7.44. The van der Waals surface area contributed by atoms with Gasteiger partial charge in [0.2, 0.25) is 0 Å². The molecule has 0 spiro atoms. The first-order chi connectivity index (χ1) is 20.4. The van der Waals surface area contributed by atoms with Crippen LogP contribution in [0, 0.1) is 5.82 Å². The van der Waals surface area contributed by atoms with Crippen molar-refractivity contribution >= 4 is 34.7 Å². The van der Waals surface area contributed by atoms with Crippen LogP contribution < -0.4 is 0 Å². The molecule has 1 aliphatic rings. The summed E-state index contributed by atoms with van der Waals surface area (Å²) in [7, 11) is 0. The molecule has 0 radical (unpaired) electrons. The highest BCUT2D eigenvalue weighted by molar-refractivity contribution is 6.30. The van der Waals surface area contributed by atoms with E-state index in [1.54, 1.807) is 21.9 Å². The summed E-state index contributed by atoms with van der Waals surface area (Å²) >= 11 is 5.89. The maximum Gasteiger partial charge on any atom is 0.410 e. The average Bonchev–Trinajstić information content (AvgIpc) is 3.27. The topological polar surface area (TPSA) is 85.1 Å². The standard InChI is InChI=1S/C30H37ClFN3O4.C4H10O/c1-28(2,3)19-15-22(18-10-11-20(31)21(32)14-18)33-23-16-24(38-25(19)23)26(36)35-13-9-12-34(17-30(35,7)8)27(37)39-29(4,5)6;1-3-5-4-2/h10-11,14-16H,9,12-13,17H2,1-8H3;3-4H2,1-2H3. The fourth-order valence-electron chi connectivity index (χ4n) is 5.04. The molecule has 0 aliphatic carbocycles. The normalized spacial score (nSPS) is 15.5. The number of hydrogen-bond acceptors (Lipinski definition) is 6. The van der Waals surface area contributed by atoms with Crippen LogP contribution in [-0.2, 0) is 14.9 Å². The number of carbonyl (C=O) groups is 2. The summed E-state index contributed by atoms with van der Waals surface area (Å²) in [5, 5.41) is 0.0392. The number of pyridine rings is 1. The predicted octanol–water partition coefficient (Wildman–Crippen LogP) is 8.49. The predicted molar refractivity (Wildman–Crippen MR) is 173 cm³/mol. The van der Waals surface area contributed by atoms with Gasteiger partial charge in [-0.25, -0.2) is 14.2 Å². The van der Waals surface area contributed by atoms with Crippen molar-refractivity contribution in [2.75, 3.05) is 32.8 Å². The molecule has 8 nitrogen and oxygen atoms in total. The molecule has 0 saturated carbocycles. The molecule has 0 atom stereocenters. The van der Waals surface area contributed by atoms with Crippen molar-refractivity contribution in [1.29, 1.82) is 0 Å². The van der Waals surface area contributed by atoms with Gasteiger partial charge in [-0.1, -0.05) is 38.4 Å². The summed E-state index contributed by atoms with van der Waals surface area (Å²) in [5.41, 5.74) is 1.41. The van der Waals surface area contributed by atoms with Gasteiger partial charge in [-0.05, 0) is 78.5 Å². The molecule has 44 heavy (non-hydrogen) atoms. The largest absolute Gasteiger partial charge is 0.449 e. The summed E-state index contributed by atoms with van der Waals surface area (Å²) in [4.78, 5) is 34.8. The van der Waals surface area contributed by atoms with E-state index in [1.165, 1.54) is 12.1 Å². The van der Waals surface area contributed by atoms with E-state index in [4.69, 9.17) is 30.5 Å². The lowest BCUT2D eigenvalue weighted by Gasteiger charge is -2.38. The van der Waals surface area contributed by atoms with Gasteiger partial charge in [-0.15, -0.1) is 0 Å². The van der Waals surface area contributed by atoms with E-state index < -0.39 is 23.1 Å². The molecule has 0 unspecified atom stereocenters. The van der Waals surface area contributed by atoms with Crippen molar-refractivity contribution in [3.63, 3.8) is 0 Å². The Labute approximate surface area is 265 Å². The second kappa shape index (κ2) is 13.9. The number of rotatable bonds is 4. The smallest absolute Gasteiger partial charge is 0.410 e. The van der Waals surface area contributed by atoms with Crippen LogP contribution in [0.25, 0.3) is 22.4 Å². The molecular formula is C34H47ClFN3O5. The quantitative estimate of drug-likeness (QED) is 0.287. The Morgan fingerprint density at radius 2 is 1.70 bits per heavy atom. The molecule has 1 saturated heterocycles. The molecule has 0 N–H and O–H groups in total. The summed E-state index contributed by atoms with van der Waals surface area (Å²) in [6.45, 7) is 22.4. The zero-order chi connectivity index (χ0) is 33.0. The Bertz CT molecular complexity index is 1470. The molecule has 3 aromatic rings. The minimum atomic E-state index is -0.671. The van der Waals surface area contributed by atoms with Crippen LogP contribution in [0.4, 0.5) is 9.18 Å². The molecule has 1 aliphatic heterocycles. The zero-order valence-electron chi connectivity index (χ0n) is 27.8. The number of halogens is 2. The highest BCUT2D eigenvalue weighted by Crippen LogP contribution is 2.36. The number of hydrogen-bond donors (Lipinski definition) is 0. The molecule has 4 rings (SSSR count). The van der Waals surface area contributed by atoms with E-state index in [1.807, 2.05) is 75.3 Å². The number of fused-ring (bicyclic) bond motifs is 1. The van der Waals surface area contributed by atoms with Crippen LogP contribution in [0.1, 0.15) is 91.8 Å². The number of furan rings is 1. The Morgan fingerprint density at radius 3 is 2.25 bits per heavy atom. The highest BCUT2D eigenvalue weighted by atomic mass is 35.5. The lowest BCUT2D eigenvalue weighted by atomic mass is 9.86. The summed E-state index contributed by atoms with van der Waals surface area (Å²) < 4.78 is 30.8. The number of aromatic nitrogens is 1. The molecule has 3 heterocycles. The lowest BCUT2D eigenvalue weighted by Crippen LogP contribution is -2.53. The van der Waals surface area contributed by atoms with Crippen molar-refractivity contribution in [3.05, 3.63) is 52.5 Å². The Hall–Kier alpha value is -3.17. The van der Waals surface area contributed by atoms with Gasteiger partial charge in [0, 0.05) is 50.0 Å². The molecular weight excluding hydrogens is 585 g/mol. The number of ether oxygens (including phenoxy) is 2. The third kappa shape index (κ3) is 8.72. The van der Waals surface area contributed by atoms with E-state index in [-0.39, 0.29) is 22.1 Å². The minimum absolute atomic E-state index is 0.0392. The van der Waals surface area contributed by atoms with Gasteiger partial charge in [0.25, 0.3) is 5.91 Å². The fourth-order valence-corrected chi connectivity index (χ4v) is 5.15. The SMILES string of the molecule is CC(C)(C)OC(=O)N1CCCN(C(=O)c2cc3nc(-c4ccc(Cl)c(F)c4)cc(C(C)(C)C)c3o2)C(C)(C)C1.CCOCC.